The van der Waals surface area contributed by atoms with Crippen molar-refractivity contribution in [3.8, 4) is 0 Å². The number of carbonyl (C=O) groups excluding carboxylic acids is 1. The van der Waals surface area contributed by atoms with Crippen LogP contribution in [0.2, 0.25) is 0 Å². The van der Waals surface area contributed by atoms with Crippen molar-refractivity contribution in [3.05, 3.63) is 36.4 Å². The van der Waals surface area contributed by atoms with Crippen LogP contribution < -0.4 is 5.32 Å². The number of benzene rings is 1. The minimum absolute atomic E-state index is 0.137. The Balaban J connectivity index is 2.32. The molecule has 0 aliphatic carbocycles. The second-order valence-corrected chi connectivity index (χ2v) is 4.40. The second kappa shape index (κ2) is 8.20. The number of thioether (sulfide) groups is 1. The highest BCUT2D eigenvalue weighted by Gasteiger charge is 2.02. The SMILES string of the molecule is CSc1cccc(NC(=O)OCCC=CC(=O)O)c1. The lowest BCUT2D eigenvalue weighted by atomic mass is 10.3. The summed E-state index contributed by atoms with van der Waals surface area (Å²) in [5.74, 6) is -1.02. The van der Waals surface area contributed by atoms with Crippen LogP contribution in [-0.2, 0) is 9.53 Å². The summed E-state index contributed by atoms with van der Waals surface area (Å²) in [7, 11) is 0. The largest absolute Gasteiger partial charge is 0.478 e. The number of carboxylic acid groups (broad SMARTS) is 1. The van der Waals surface area contributed by atoms with Gasteiger partial charge in [-0.15, -0.1) is 11.8 Å². The summed E-state index contributed by atoms with van der Waals surface area (Å²) in [5, 5.41) is 11.0. The molecule has 6 heteroatoms. The average molecular weight is 281 g/mol. The number of amides is 1. The zero-order chi connectivity index (χ0) is 14.1. The van der Waals surface area contributed by atoms with Crippen molar-refractivity contribution in [1.29, 1.82) is 0 Å². The van der Waals surface area contributed by atoms with E-state index in [0.29, 0.717) is 12.1 Å². The molecule has 0 aliphatic rings. The van der Waals surface area contributed by atoms with Gasteiger partial charge in [0.25, 0.3) is 0 Å². The molecule has 2 N–H and O–H groups in total. The molecule has 1 amide bonds. The van der Waals surface area contributed by atoms with Gasteiger partial charge in [0.05, 0.1) is 6.61 Å². The normalized spacial score (nSPS) is 10.4. The van der Waals surface area contributed by atoms with E-state index in [-0.39, 0.29) is 6.61 Å². The molecular formula is C13H15NO4S. The summed E-state index contributed by atoms with van der Waals surface area (Å²) in [6.45, 7) is 0.137. The summed E-state index contributed by atoms with van der Waals surface area (Å²) in [5.41, 5.74) is 0.665. The van der Waals surface area contributed by atoms with Crippen LogP contribution in [-0.4, -0.2) is 30.0 Å². The fourth-order valence-electron chi connectivity index (χ4n) is 1.26. The smallest absolute Gasteiger partial charge is 0.411 e. The van der Waals surface area contributed by atoms with E-state index in [9.17, 15) is 9.59 Å². The van der Waals surface area contributed by atoms with E-state index in [4.69, 9.17) is 9.84 Å². The molecule has 0 heterocycles. The summed E-state index contributed by atoms with van der Waals surface area (Å²) in [6, 6.07) is 7.40. The van der Waals surface area contributed by atoms with Gasteiger partial charge in [0.15, 0.2) is 0 Å². The van der Waals surface area contributed by atoms with Gasteiger partial charge in [0, 0.05) is 23.1 Å². The molecule has 0 saturated heterocycles. The molecule has 0 unspecified atom stereocenters. The molecule has 1 rings (SSSR count). The summed E-state index contributed by atoms with van der Waals surface area (Å²) in [4.78, 5) is 22.7. The fourth-order valence-corrected chi connectivity index (χ4v) is 1.72. The number of carbonyl (C=O) groups is 2. The number of aliphatic carboxylic acids is 1. The number of hydrogen-bond acceptors (Lipinski definition) is 4. The van der Waals surface area contributed by atoms with E-state index < -0.39 is 12.1 Å². The Kier molecular flexibility index (Phi) is 6.52. The van der Waals surface area contributed by atoms with Crippen LogP contribution in [0.15, 0.2) is 41.3 Å². The summed E-state index contributed by atoms with van der Waals surface area (Å²) >= 11 is 1.58. The van der Waals surface area contributed by atoms with E-state index >= 15 is 0 Å². The Morgan fingerprint density at radius 2 is 2.26 bits per heavy atom. The first-order valence-electron chi connectivity index (χ1n) is 5.59. The summed E-state index contributed by atoms with van der Waals surface area (Å²) in [6.07, 6.45) is 4.21. The van der Waals surface area contributed by atoms with Gasteiger partial charge in [-0.05, 0) is 24.5 Å². The molecule has 0 radical (unpaired) electrons. The third-order valence-corrected chi connectivity index (χ3v) is 2.82. The minimum atomic E-state index is -1.02. The van der Waals surface area contributed by atoms with Gasteiger partial charge >= 0.3 is 12.1 Å². The molecule has 0 spiro atoms. The molecule has 5 nitrogen and oxygen atoms in total. The Morgan fingerprint density at radius 3 is 2.95 bits per heavy atom. The Bertz CT molecular complexity index is 473. The molecule has 0 aromatic heterocycles. The third kappa shape index (κ3) is 6.52. The molecule has 0 atom stereocenters. The lowest BCUT2D eigenvalue weighted by Crippen LogP contribution is -2.14. The quantitative estimate of drug-likeness (QED) is 0.476. The highest BCUT2D eigenvalue weighted by Crippen LogP contribution is 2.18. The maximum absolute atomic E-state index is 11.4. The highest BCUT2D eigenvalue weighted by atomic mass is 32.2. The highest BCUT2D eigenvalue weighted by molar-refractivity contribution is 7.98. The topological polar surface area (TPSA) is 75.6 Å². The van der Waals surface area contributed by atoms with Crippen molar-refractivity contribution in [2.75, 3.05) is 18.2 Å². The van der Waals surface area contributed by atoms with Crippen LogP contribution in [0.5, 0.6) is 0 Å². The zero-order valence-corrected chi connectivity index (χ0v) is 11.3. The van der Waals surface area contributed by atoms with Gasteiger partial charge < -0.3 is 9.84 Å². The number of ether oxygens (including phenoxy) is 1. The van der Waals surface area contributed by atoms with Crippen LogP contribution >= 0.6 is 11.8 Å². The van der Waals surface area contributed by atoms with Crippen molar-refractivity contribution < 1.29 is 19.4 Å². The van der Waals surface area contributed by atoms with E-state index in [1.165, 1.54) is 6.08 Å². The zero-order valence-electron chi connectivity index (χ0n) is 10.5. The van der Waals surface area contributed by atoms with E-state index in [2.05, 4.69) is 5.32 Å². The summed E-state index contributed by atoms with van der Waals surface area (Å²) < 4.78 is 4.90. The van der Waals surface area contributed by atoms with Crippen molar-refractivity contribution in [2.45, 2.75) is 11.3 Å². The second-order valence-electron chi connectivity index (χ2n) is 3.52. The van der Waals surface area contributed by atoms with Gasteiger partial charge in [0.1, 0.15) is 0 Å². The van der Waals surface area contributed by atoms with Crippen LogP contribution in [0.3, 0.4) is 0 Å². The Labute approximate surface area is 115 Å². The molecule has 1 aromatic rings. The van der Waals surface area contributed by atoms with Crippen molar-refractivity contribution in [2.24, 2.45) is 0 Å². The fraction of sp³-hybridized carbons (Fsp3) is 0.231. The number of rotatable bonds is 6. The molecule has 0 saturated carbocycles. The molecular weight excluding hydrogens is 266 g/mol. The monoisotopic (exact) mass is 281 g/mol. The minimum Gasteiger partial charge on any atom is -0.478 e. The molecule has 102 valence electrons. The standard InChI is InChI=1S/C13H15NO4S/c1-19-11-6-4-5-10(9-11)14-13(17)18-8-3-2-7-12(15)16/h2,4-7,9H,3,8H2,1H3,(H,14,17)(H,15,16). The third-order valence-electron chi connectivity index (χ3n) is 2.09. The number of carboxylic acids is 1. The predicted molar refractivity (Wildman–Crippen MR) is 74.6 cm³/mol. The first kappa shape index (κ1) is 15.1. The van der Waals surface area contributed by atoms with Gasteiger partial charge in [-0.3, -0.25) is 5.32 Å². The molecule has 0 aliphatic heterocycles. The first-order chi connectivity index (χ1) is 9.11. The predicted octanol–water partition coefficient (Wildman–Crippen LogP) is 2.99. The first-order valence-corrected chi connectivity index (χ1v) is 6.81. The van der Waals surface area contributed by atoms with Crippen LogP contribution in [0.25, 0.3) is 0 Å². The van der Waals surface area contributed by atoms with Crippen LogP contribution in [0.4, 0.5) is 10.5 Å². The van der Waals surface area contributed by atoms with E-state index in [1.807, 2.05) is 24.5 Å². The molecule has 1 aromatic carbocycles. The maximum atomic E-state index is 11.4. The number of anilines is 1. The Morgan fingerprint density at radius 1 is 1.47 bits per heavy atom. The number of hydrogen-bond donors (Lipinski definition) is 2. The molecule has 19 heavy (non-hydrogen) atoms. The van der Waals surface area contributed by atoms with E-state index in [1.54, 1.807) is 17.8 Å². The maximum Gasteiger partial charge on any atom is 0.411 e. The number of nitrogens with one attached hydrogen (secondary N) is 1. The van der Waals surface area contributed by atoms with Crippen molar-refractivity contribution in [1.82, 2.24) is 0 Å². The van der Waals surface area contributed by atoms with Gasteiger partial charge in [-0.25, -0.2) is 9.59 Å². The average Bonchev–Trinajstić information content (AvgIpc) is 2.38. The Hall–Kier alpha value is -1.95. The molecule has 0 fully saturated rings. The van der Waals surface area contributed by atoms with Gasteiger partial charge in [0.2, 0.25) is 0 Å². The van der Waals surface area contributed by atoms with Crippen LogP contribution in [0.1, 0.15) is 6.42 Å². The lowest BCUT2D eigenvalue weighted by molar-refractivity contribution is -0.131. The van der Waals surface area contributed by atoms with Gasteiger partial charge in [-0.1, -0.05) is 12.1 Å². The van der Waals surface area contributed by atoms with E-state index in [0.717, 1.165) is 11.0 Å². The van der Waals surface area contributed by atoms with Crippen molar-refractivity contribution >= 4 is 29.5 Å². The lowest BCUT2D eigenvalue weighted by Gasteiger charge is -2.06. The molecule has 0 bridgehead atoms. The van der Waals surface area contributed by atoms with Crippen molar-refractivity contribution in [3.63, 3.8) is 0 Å². The van der Waals surface area contributed by atoms with Gasteiger partial charge in [-0.2, -0.15) is 0 Å². The van der Waals surface area contributed by atoms with Crippen LogP contribution in [0, 0.1) is 0 Å².